The molecular formula is C18H19N3O. The molecule has 22 heavy (non-hydrogen) atoms. The number of hydrogen-bond donors (Lipinski definition) is 1. The third kappa shape index (κ3) is 2.75. The van der Waals surface area contributed by atoms with Gasteiger partial charge in [-0.25, -0.2) is 4.68 Å². The van der Waals surface area contributed by atoms with Gasteiger partial charge in [-0.2, -0.15) is 5.26 Å². The van der Waals surface area contributed by atoms with E-state index in [1.165, 1.54) is 23.9 Å². The van der Waals surface area contributed by atoms with Gasteiger partial charge in [0.15, 0.2) is 0 Å². The molecule has 4 heteroatoms. The van der Waals surface area contributed by atoms with E-state index in [0.717, 1.165) is 29.7 Å². The summed E-state index contributed by atoms with van der Waals surface area (Å²) in [6.07, 6.45) is 5.83. The van der Waals surface area contributed by atoms with Gasteiger partial charge in [-0.3, -0.25) is 4.79 Å². The van der Waals surface area contributed by atoms with Crippen molar-refractivity contribution in [3.63, 3.8) is 0 Å². The Balaban J connectivity index is 2.03. The maximum atomic E-state index is 12.2. The molecule has 0 spiro atoms. The molecule has 2 aromatic rings. The summed E-state index contributed by atoms with van der Waals surface area (Å²) in [7, 11) is 0. The minimum Gasteiger partial charge on any atom is -0.336 e. The van der Waals surface area contributed by atoms with Crippen molar-refractivity contribution in [3.05, 3.63) is 58.0 Å². The molecule has 1 saturated carbocycles. The fourth-order valence-electron chi connectivity index (χ4n) is 3.22. The lowest BCUT2D eigenvalue weighted by Gasteiger charge is -2.24. The Kier molecular flexibility index (Phi) is 3.97. The van der Waals surface area contributed by atoms with Gasteiger partial charge in [-0.1, -0.05) is 31.4 Å². The van der Waals surface area contributed by atoms with Crippen LogP contribution in [0.5, 0.6) is 0 Å². The fourth-order valence-corrected chi connectivity index (χ4v) is 3.22. The van der Waals surface area contributed by atoms with Gasteiger partial charge in [0.05, 0.1) is 11.6 Å². The van der Waals surface area contributed by atoms with Crippen LogP contribution in [0.2, 0.25) is 0 Å². The molecule has 2 N–H and O–H groups in total. The van der Waals surface area contributed by atoms with Gasteiger partial charge in [0, 0.05) is 17.7 Å². The highest BCUT2D eigenvalue weighted by Crippen LogP contribution is 2.33. The van der Waals surface area contributed by atoms with Gasteiger partial charge in [-0.05, 0) is 42.2 Å². The number of nitrogens with zero attached hydrogens (tertiary/aromatic N) is 2. The number of benzene rings is 1. The monoisotopic (exact) mass is 293 g/mol. The van der Waals surface area contributed by atoms with Crippen LogP contribution in [-0.2, 0) is 0 Å². The number of aromatic nitrogens is 1. The lowest BCUT2D eigenvalue weighted by molar-refractivity contribution is 0.428. The van der Waals surface area contributed by atoms with Gasteiger partial charge in [0.1, 0.15) is 0 Å². The van der Waals surface area contributed by atoms with Crippen molar-refractivity contribution >= 4 is 0 Å². The molecule has 1 heterocycles. The minimum atomic E-state index is -0.178. The Hall–Kier alpha value is -2.54. The van der Waals surface area contributed by atoms with Gasteiger partial charge in [0.2, 0.25) is 0 Å². The van der Waals surface area contributed by atoms with E-state index in [4.69, 9.17) is 11.1 Å². The van der Waals surface area contributed by atoms with Crippen molar-refractivity contribution in [3.8, 4) is 17.2 Å². The summed E-state index contributed by atoms with van der Waals surface area (Å²) in [5.41, 5.74) is 3.17. The molecule has 1 aliphatic rings. The van der Waals surface area contributed by atoms with Crippen LogP contribution in [0, 0.1) is 11.3 Å². The molecule has 0 aliphatic heterocycles. The second-order valence-electron chi connectivity index (χ2n) is 5.90. The van der Waals surface area contributed by atoms with E-state index in [0.29, 0.717) is 11.5 Å². The van der Waals surface area contributed by atoms with E-state index >= 15 is 0 Å². The van der Waals surface area contributed by atoms with Crippen molar-refractivity contribution in [2.24, 2.45) is 0 Å². The van der Waals surface area contributed by atoms with Crippen LogP contribution >= 0.6 is 0 Å². The van der Waals surface area contributed by atoms with Crippen LogP contribution in [0.4, 0.5) is 0 Å². The molecule has 1 fully saturated rings. The lowest BCUT2D eigenvalue weighted by Crippen LogP contribution is -2.31. The zero-order chi connectivity index (χ0) is 15.5. The molecule has 4 nitrogen and oxygen atoms in total. The van der Waals surface area contributed by atoms with Crippen molar-refractivity contribution in [1.82, 2.24) is 4.68 Å². The molecule has 112 valence electrons. The summed E-state index contributed by atoms with van der Waals surface area (Å²) in [6.45, 7) is 0. The average Bonchev–Trinajstić information content (AvgIpc) is 2.58. The highest BCUT2D eigenvalue weighted by atomic mass is 16.1. The minimum absolute atomic E-state index is 0.178. The molecule has 0 bridgehead atoms. The van der Waals surface area contributed by atoms with Crippen molar-refractivity contribution in [2.45, 2.75) is 38.0 Å². The van der Waals surface area contributed by atoms with Crippen LogP contribution in [0.3, 0.4) is 0 Å². The predicted octanol–water partition coefficient (Wildman–Crippen LogP) is 3.15. The quantitative estimate of drug-likeness (QED) is 0.864. The first-order valence-electron chi connectivity index (χ1n) is 7.71. The number of nitrogens with two attached hydrogens (primary N) is 1. The molecule has 1 aromatic heterocycles. The third-order valence-corrected chi connectivity index (χ3v) is 4.47. The van der Waals surface area contributed by atoms with E-state index in [2.05, 4.69) is 6.07 Å². The SMILES string of the molecule is N#Cc1ccc(-c2cc(C3CCCCC3)n(N)c(=O)c2)cc1. The normalized spacial score (nSPS) is 15.4. The molecule has 0 amide bonds. The molecular weight excluding hydrogens is 274 g/mol. The first kappa shape index (κ1) is 14.4. The first-order valence-corrected chi connectivity index (χ1v) is 7.71. The molecule has 1 aromatic carbocycles. The maximum Gasteiger partial charge on any atom is 0.269 e. The highest BCUT2D eigenvalue weighted by Gasteiger charge is 2.19. The summed E-state index contributed by atoms with van der Waals surface area (Å²) in [5, 5.41) is 8.87. The zero-order valence-corrected chi connectivity index (χ0v) is 12.5. The largest absolute Gasteiger partial charge is 0.336 e. The molecule has 1 aliphatic carbocycles. The Labute approximate surface area is 129 Å². The topological polar surface area (TPSA) is 71.8 Å². The number of nitrogen functional groups attached to an aromatic ring is 1. The summed E-state index contributed by atoms with van der Waals surface area (Å²) in [5.74, 6) is 6.33. The Morgan fingerprint density at radius 3 is 2.36 bits per heavy atom. The fraction of sp³-hybridized carbons (Fsp3) is 0.333. The van der Waals surface area contributed by atoms with E-state index in [9.17, 15) is 4.79 Å². The van der Waals surface area contributed by atoms with Crippen LogP contribution in [0.1, 0.15) is 49.3 Å². The van der Waals surface area contributed by atoms with Crippen molar-refractivity contribution in [1.29, 1.82) is 5.26 Å². The number of hydrogen-bond acceptors (Lipinski definition) is 3. The van der Waals surface area contributed by atoms with Crippen LogP contribution in [0.25, 0.3) is 11.1 Å². The number of pyridine rings is 1. The summed E-state index contributed by atoms with van der Waals surface area (Å²) < 4.78 is 1.29. The molecule has 0 atom stereocenters. The second kappa shape index (κ2) is 6.07. The number of rotatable bonds is 2. The van der Waals surface area contributed by atoms with Crippen LogP contribution < -0.4 is 11.4 Å². The Morgan fingerprint density at radius 1 is 1.05 bits per heavy atom. The van der Waals surface area contributed by atoms with E-state index in [-0.39, 0.29) is 5.56 Å². The van der Waals surface area contributed by atoms with Crippen molar-refractivity contribution < 1.29 is 0 Å². The first-order chi connectivity index (χ1) is 10.7. The van der Waals surface area contributed by atoms with Crippen molar-refractivity contribution in [2.75, 3.05) is 5.84 Å². The van der Waals surface area contributed by atoms with E-state index in [1.54, 1.807) is 18.2 Å². The van der Waals surface area contributed by atoms with E-state index < -0.39 is 0 Å². The standard InChI is InChI=1S/C18H19N3O/c19-12-13-6-8-14(9-7-13)16-10-17(21(20)18(22)11-16)15-4-2-1-3-5-15/h6-11,15H,1-5,20H2. The smallest absolute Gasteiger partial charge is 0.269 e. The highest BCUT2D eigenvalue weighted by molar-refractivity contribution is 5.64. The van der Waals surface area contributed by atoms with Gasteiger partial charge in [-0.15, -0.1) is 0 Å². The molecule has 0 saturated heterocycles. The lowest BCUT2D eigenvalue weighted by atomic mass is 9.86. The summed E-state index contributed by atoms with van der Waals surface area (Å²) >= 11 is 0. The second-order valence-corrected chi connectivity index (χ2v) is 5.90. The summed E-state index contributed by atoms with van der Waals surface area (Å²) in [4.78, 5) is 12.2. The predicted molar refractivity (Wildman–Crippen MR) is 86.8 cm³/mol. The van der Waals surface area contributed by atoms with E-state index in [1.807, 2.05) is 18.2 Å². The van der Waals surface area contributed by atoms with Gasteiger partial charge < -0.3 is 5.84 Å². The molecule has 3 rings (SSSR count). The summed E-state index contributed by atoms with van der Waals surface area (Å²) in [6, 6.07) is 13.0. The van der Waals surface area contributed by atoms with Gasteiger partial charge in [0.25, 0.3) is 5.56 Å². The maximum absolute atomic E-state index is 12.2. The number of nitriles is 1. The Morgan fingerprint density at radius 2 is 1.73 bits per heavy atom. The van der Waals surface area contributed by atoms with Crippen LogP contribution in [-0.4, -0.2) is 4.68 Å². The average molecular weight is 293 g/mol. The molecule has 0 unspecified atom stereocenters. The Bertz CT molecular complexity index is 762. The van der Waals surface area contributed by atoms with Crippen LogP contribution in [0.15, 0.2) is 41.2 Å². The van der Waals surface area contributed by atoms with Gasteiger partial charge >= 0.3 is 0 Å². The molecule has 0 radical (unpaired) electrons. The third-order valence-electron chi connectivity index (χ3n) is 4.47. The zero-order valence-electron chi connectivity index (χ0n) is 12.5.